The predicted octanol–water partition coefficient (Wildman–Crippen LogP) is -0.403. The van der Waals surface area contributed by atoms with Gasteiger partial charge in [0, 0.05) is 36.9 Å². The van der Waals surface area contributed by atoms with Gasteiger partial charge in [-0.2, -0.15) is 0 Å². The number of nitrogens with zero attached hydrogens (tertiary/aromatic N) is 1. The zero-order valence-electron chi connectivity index (χ0n) is 8.66. The molecule has 16 heavy (non-hydrogen) atoms. The monoisotopic (exact) mass is 303 g/mol. The molecule has 1 fully saturated rings. The fourth-order valence-corrected chi connectivity index (χ4v) is 1.78. The first-order valence-corrected chi connectivity index (χ1v) is 4.95. The van der Waals surface area contributed by atoms with E-state index in [0.717, 1.165) is 31.2 Å². The Kier molecular flexibility index (Phi) is 10.6. The van der Waals surface area contributed by atoms with Crippen molar-refractivity contribution in [1.82, 2.24) is 5.32 Å². The lowest BCUT2D eigenvalue weighted by atomic mass is 10.2. The van der Waals surface area contributed by atoms with Crippen molar-refractivity contribution in [3.8, 4) is 0 Å². The minimum absolute atomic E-state index is 0. The van der Waals surface area contributed by atoms with Gasteiger partial charge >= 0.3 is 0 Å². The number of rotatable bonds is 1. The Balaban J connectivity index is 0. The molecule has 0 spiro atoms. The fourth-order valence-electron chi connectivity index (χ4n) is 1.60. The average molecular weight is 305 g/mol. The van der Waals surface area contributed by atoms with Crippen LogP contribution in [0.2, 0.25) is 5.02 Å². The minimum atomic E-state index is 0. The van der Waals surface area contributed by atoms with Crippen LogP contribution in [0.5, 0.6) is 0 Å². The molecule has 0 saturated carbocycles. The molecule has 0 aliphatic carbocycles. The van der Waals surface area contributed by atoms with E-state index in [1.165, 1.54) is 5.69 Å². The summed E-state index contributed by atoms with van der Waals surface area (Å²) in [6.07, 6.45) is 0. The van der Waals surface area contributed by atoms with Crippen molar-refractivity contribution in [2.45, 2.75) is 0 Å². The standard InChI is InChI=1S/C10H13ClN2.3ClH/c11-9-2-1-3-10(8-9)13-6-4-12-5-7-13;;;/h1-3,8,12H,4-7H2;3*1H/p-1. The summed E-state index contributed by atoms with van der Waals surface area (Å²) in [5, 5.41) is 4.14. The van der Waals surface area contributed by atoms with E-state index in [4.69, 9.17) is 11.6 Å². The van der Waals surface area contributed by atoms with Crippen LogP contribution in [-0.2, 0) is 0 Å². The summed E-state index contributed by atoms with van der Waals surface area (Å²) in [6.45, 7) is 4.26. The van der Waals surface area contributed by atoms with Crippen molar-refractivity contribution in [3.63, 3.8) is 0 Å². The first-order valence-electron chi connectivity index (χ1n) is 4.57. The van der Waals surface area contributed by atoms with E-state index in [9.17, 15) is 0 Å². The van der Waals surface area contributed by atoms with Crippen LogP contribution in [0.3, 0.4) is 0 Å². The van der Waals surface area contributed by atoms with E-state index in [0.29, 0.717) is 0 Å². The molecule has 0 aromatic heterocycles. The molecular weight excluding hydrogens is 290 g/mol. The van der Waals surface area contributed by atoms with E-state index in [2.05, 4.69) is 16.3 Å². The fraction of sp³-hybridized carbons (Fsp3) is 0.400. The van der Waals surface area contributed by atoms with Gasteiger partial charge in [-0.05, 0) is 18.2 Å². The Hall–Kier alpha value is 0.140. The normalized spacial score (nSPS) is 14.2. The molecule has 2 rings (SSSR count). The third-order valence-electron chi connectivity index (χ3n) is 2.29. The zero-order chi connectivity index (χ0) is 9.10. The number of anilines is 1. The maximum Gasteiger partial charge on any atom is 0.0426 e. The van der Waals surface area contributed by atoms with Crippen LogP contribution in [0, 0.1) is 0 Å². The summed E-state index contributed by atoms with van der Waals surface area (Å²) < 4.78 is 0. The Labute approximate surface area is 120 Å². The molecule has 0 amide bonds. The van der Waals surface area contributed by atoms with Crippen molar-refractivity contribution in [2.24, 2.45) is 0 Å². The van der Waals surface area contributed by atoms with Gasteiger partial charge < -0.3 is 22.6 Å². The maximum atomic E-state index is 5.92. The van der Waals surface area contributed by atoms with Gasteiger partial charge in [0.05, 0.1) is 0 Å². The third kappa shape index (κ3) is 4.98. The van der Waals surface area contributed by atoms with Crippen LogP contribution < -0.4 is 22.6 Å². The Morgan fingerprint density at radius 2 is 1.75 bits per heavy atom. The second kappa shape index (κ2) is 9.20. The van der Waals surface area contributed by atoms with Crippen LogP contribution in [0.4, 0.5) is 5.69 Å². The van der Waals surface area contributed by atoms with Crippen molar-refractivity contribution in [3.05, 3.63) is 29.3 Å². The van der Waals surface area contributed by atoms with E-state index < -0.39 is 0 Å². The SMILES string of the molecule is Cl.Cl.Clc1cccc(N2CCNCC2)c1.[Cl-]. The Bertz CT molecular complexity index is 290. The van der Waals surface area contributed by atoms with Gasteiger partial charge in [0.2, 0.25) is 0 Å². The highest BCUT2D eigenvalue weighted by molar-refractivity contribution is 6.30. The number of halogens is 4. The molecule has 1 aromatic carbocycles. The van der Waals surface area contributed by atoms with Crippen LogP contribution in [0.25, 0.3) is 0 Å². The lowest BCUT2D eigenvalue weighted by Crippen LogP contribution is -3.00. The molecule has 1 aliphatic heterocycles. The number of hydrogen-bond acceptors (Lipinski definition) is 2. The number of benzene rings is 1. The number of piperazine rings is 1. The number of hydrogen-bond donors (Lipinski definition) is 1. The first-order chi connectivity index (χ1) is 6.36. The third-order valence-corrected chi connectivity index (χ3v) is 2.53. The van der Waals surface area contributed by atoms with Gasteiger partial charge in [-0.15, -0.1) is 24.8 Å². The molecule has 94 valence electrons. The predicted molar refractivity (Wildman–Crippen MR) is 71.0 cm³/mol. The summed E-state index contributed by atoms with van der Waals surface area (Å²) in [5.74, 6) is 0. The van der Waals surface area contributed by atoms with Crippen molar-refractivity contribution in [1.29, 1.82) is 0 Å². The molecule has 0 bridgehead atoms. The van der Waals surface area contributed by atoms with E-state index >= 15 is 0 Å². The van der Waals surface area contributed by atoms with Crippen LogP contribution in [0.1, 0.15) is 0 Å². The minimum Gasteiger partial charge on any atom is -1.00 e. The summed E-state index contributed by atoms with van der Waals surface area (Å²) in [6, 6.07) is 8.04. The van der Waals surface area contributed by atoms with Crippen molar-refractivity contribution >= 4 is 42.1 Å². The number of nitrogens with one attached hydrogen (secondary N) is 1. The molecule has 0 radical (unpaired) electrons. The van der Waals surface area contributed by atoms with E-state index in [-0.39, 0.29) is 37.2 Å². The van der Waals surface area contributed by atoms with Crippen LogP contribution in [0.15, 0.2) is 24.3 Å². The van der Waals surface area contributed by atoms with Crippen LogP contribution in [-0.4, -0.2) is 26.2 Å². The van der Waals surface area contributed by atoms with Crippen LogP contribution >= 0.6 is 36.4 Å². The summed E-state index contributed by atoms with van der Waals surface area (Å²) in [4.78, 5) is 2.35. The zero-order valence-corrected chi connectivity index (χ0v) is 11.8. The van der Waals surface area contributed by atoms with Gasteiger partial charge in [-0.3, -0.25) is 0 Å². The highest BCUT2D eigenvalue weighted by Gasteiger charge is 2.09. The lowest BCUT2D eigenvalue weighted by Gasteiger charge is -2.29. The van der Waals surface area contributed by atoms with E-state index in [1.54, 1.807) is 0 Å². The van der Waals surface area contributed by atoms with Gasteiger partial charge in [-0.25, -0.2) is 0 Å². The molecule has 0 unspecified atom stereocenters. The van der Waals surface area contributed by atoms with Gasteiger partial charge in [0.15, 0.2) is 0 Å². The molecule has 1 aliphatic rings. The highest BCUT2D eigenvalue weighted by atomic mass is 35.5. The summed E-state index contributed by atoms with van der Waals surface area (Å²) >= 11 is 5.92. The van der Waals surface area contributed by atoms with Crippen molar-refractivity contribution < 1.29 is 12.4 Å². The molecule has 2 nitrogen and oxygen atoms in total. The molecule has 1 heterocycles. The van der Waals surface area contributed by atoms with E-state index in [1.807, 2.05) is 18.2 Å². The largest absolute Gasteiger partial charge is 1.00 e. The highest BCUT2D eigenvalue weighted by Crippen LogP contribution is 2.19. The lowest BCUT2D eigenvalue weighted by molar-refractivity contribution is -0.00000288. The average Bonchev–Trinajstić information content (AvgIpc) is 2.19. The Morgan fingerprint density at radius 3 is 2.31 bits per heavy atom. The summed E-state index contributed by atoms with van der Waals surface area (Å²) in [7, 11) is 0. The second-order valence-corrected chi connectivity index (χ2v) is 3.65. The molecule has 6 heteroatoms. The Morgan fingerprint density at radius 1 is 1.12 bits per heavy atom. The first kappa shape index (κ1) is 18.5. The molecular formula is C10H15Cl4N2-. The van der Waals surface area contributed by atoms with Gasteiger partial charge in [0.25, 0.3) is 0 Å². The second-order valence-electron chi connectivity index (χ2n) is 3.22. The van der Waals surface area contributed by atoms with Crippen molar-refractivity contribution in [2.75, 3.05) is 31.1 Å². The molecule has 1 saturated heterocycles. The topological polar surface area (TPSA) is 15.3 Å². The van der Waals surface area contributed by atoms with Gasteiger partial charge in [-0.1, -0.05) is 17.7 Å². The van der Waals surface area contributed by atoms with Gasteiger partial charge in [0.1, 0.15) is 0 Å². The molecule has 1 aromatic rings. The maximum absolute atomic E-state index is 5.92. The summed E-state index contributed by atoms with van der Waals surface area (Å²) in [5.41, 5.74) is 1.23. The molecule has 0 atom stereocenters. The quantitative estimate of drug-likeness (QED) is 0.759. The molecule has 1 N–H and O–H groups in total. The smallest absolute Gasteiger partial charge is 0.0426 e.